The summed E-state index contributed by atoms with van der Waals surface area (Å²) in [5, 5.41) is 0.637. The van der Waals surface area contributed by atoms with Crippen LogP contribution in [0.1, 0.15) is 11.3 Å². The number of nitrogens with zero attached hydrogens (tertiary/aromatic N) is 1. The summed E-state index contributed by atoms with van der Waals surface area (Å²) >= 11 is 1.49. The summed E-state index contributed by atoms with van der Waals surface area (Å²) in [5.74, 6) is 0.734. The van der Waals surface area contributed by atoms with Gasteiger partial charge in [0.2, 0.25) is 0 Å². The van der Waals surface area contributed by atoms with Crippen molar-refractivity contribution in [1.29, 1.82) is 0 Å². The highest BCUT2D eigenvalue weighted by Crippen LogP contribution is 2.19. The minimum atomic E-state index is -0.118. The Hall–Kier alpha value is -1.75. The number of thioether (sulfide) groups is 1. The first-order valence-electron chi connectivity index (χ1n) is 5.19. The van der Waals surface area contributed by atoms with E-state index in [1.165, 1.54) is 17.8 Å². The van der Waals surface area contributed by atoms with Gasteiger partial charge in [-0.1, -0.05) is 23.9 Å². The lowest BCUT2D eigenvalue weighted by molar-refractivity contribution is 0.905. The van der Waals surface area contributed by atoms with Crippen molar-refractivity contribution in [3.8, 4) is 0 Å². The molecule has 0 saturated heterocycles. The average molecular weight is 247 g/mol. The number of hydrogen-bond acceptors (Lipinski definition) is 4. The number of aromatic amines is 1. The highest BCUT2D eigenvalue weighted by atomic mass is 32.2. The largest absolute Gasteiger partial charge is 0.399 e. The highest BCUT2D eigenvalue weighted by molar-refractivity contribution is 7.98. The van der Waals surface area contributed by atoms with Gasteiger partial charge in [0.15, 0.2) is 5.16 Å². The van der Waals surface area contributed by atoms with Crippen LogP contribution in [-0.4, -0.2) is 9.97 Å². The van der Waals surface area contributed by atoms with Crippen LogP contribution >= 0.6 is 11.8 Å². The Morgan fingerprint density at radius 1 is 1.41 bits per heavy atom. The van der Waals surface area contributed by atoms with E-state index in [-0.39, 0.29) is 5.56 Å². The number of benzene rings is 1. The van der Waals surface area contributed by atoms with E-state index in [2.05, 4.69) is 9.97 Å². The SMILES string of the molecule is Cc1cc(=O)[nH]c(SCc2cccc(N)c2)n1. The number of nitrogens with two attached hydrogens (primary N) is 1. The average Bonchev–Trinajstić information content (AvgIpc) is 2.25. The van der Waals surface area contributed by atoms with E-state index in [0.717, 1.165) is 22.7 Å². The second kappa shape index (κ2) is 5.05. The van der Waals surface area contributed by atoms with E-state index in [1.54, 1.807) is 6.92 Å². The van der Waals surface area contributed by atoms with Gasteiger partial charge in [0.05, 0.1) is 0 Å². The predicted octanol–water partition coefficient (Wildman–Crippen LogP) is 1.95. The number of nitrogens with one attached hydrogen (secondary N) is 1. The molecule has 0 spiro atoms. The monoisotopic (exact) mass is 247 g/mol. The van der Waals surface area contributed by atoms with Crippen molar-refractivity contribution in [2.24, 2.45) is 0 Å². The summed E-state index contributed by atoms with van der Waals surface area (Å²) in [6.45, 7) is 1.81. The molecule has 0 fully saturated rings. The smallest absolute Gasteiger partial charge is 0.251 e. The standard InChI is InChI=1S/C12H13N3OS/c1-8-5-11(16)15-12(14-8)17-7-9-3-2-4-10(13)6-9/h2-6H,7,13H2,1H3,(H,14,15,16). The molecule has 0 saturated carbocycles. The fourth-order valence-corrected chi connectivity index (χ4v) is 2.32. The minimum Gasteiger partial charge on any atom is -0.399 e. The van der Waals surface area contributed by atoms with Crippen molar-refractivity contribution >= 4 is 17.4 Å². The maximum atomic E-state index is 11.2. The molecule has 88 valence electrons. The number of aryl methyl sites for hydroxylation is 1. The summed E-state index contributed by atoms with van der Waals surface area (Å²) in [5.41, 5.74) is 8.16. The molecule has 1 aromatic heterocycles. The maximum absolute atomic E-state index is 11.2. The summed E-state index contributed by atoms with van der Waals surface area (Å²) in [7, 11) is 0. The third-order valence-corrected chi connectivity index (χ3v) is 3.12. The zero-order chi connectivity index (χ0) is 12.3. The number of aromatic nitrogens is 2. The maximum Gasteiger partial charge on any atom is 0.251 e. The topological polar surface area (TPSA) is 71.8 Å². The first-order chi connectivity index (χ1) is 8.13. The third kappa shape index (κ3) is 3.35. The molecule has 0 bridgehead atoms. The van der Waals surface area contributed by atoms with E-state index >= 15 is 0 Å². The van der Waals surface area contributed by atoms with Gasteiger partial charge in [0, 0.05) is 23.2 Å². The lowest BCUT2D eigenvalue weighted by Gasteiger charge is -2.02. The van der Waals surface area contributed by atoms with Gasteiger partial charge in [-0.05, 0) is 24.6 Å². The number of nitrogen functional groups attached to an aromatic ring is 1. The van der Waals surface area contributed by atoms with Crippen LogP contribution in [0.4, 0.5) is 5.69 Å². The van der Waals surface area contributed by atoms with E-state index < -0.39 is 0 Å². The number of hydrogen-bond donors (Lipinski definition) is 2. The Kier molecular flexibility index (Phi) is 3.49. The first-order valence-corrected chi connectivity index (χ1v) is 6.17. The minimum absolute atomic E-state index is 0.118. The van der Waals surface area contributed by atoms with Gasteiger partial charge in [-0.3, -0.25) is 4.79 Å². The van der Waals surface area contributed by atoms with Crippen molar-refractivity contribution in [2.45, 2.75) is 17.8 Å². The molecule has 1 aromatic carbocycles. The van der Waals surface area contributed by atoms with Gasteiger partial charge in [0.25, 0.3) is 5.56 Å². The Morgan fingerprint density at radius 3 is 2.94 bits per heavy atom. The zero-order valence-corrected chi connectivity index (χ0v) is 10.3. The van der Waals surface area contributed by atoms with Crippen LogP contribution in [0.5, 0.6) is 0 Å². The summed E-state index contributed by atoms with van der Waals surface area (Å²) < 4.78 is 0. The van der Waals surface area contributed by atoms with Crippen LogP contribution < -0.4 is 11.3 Å². The Balaban J connectivity index is 2.09. The highest BCUT2D eigenvalue weighted by Gasteiger charge is 2.00. The Morgan fingerprint density at radius 2 is 2.24 bits per heavy atom. The summed E-state index contributed by atoms with van der Waals surface area (Å²) in [6.07, 6.45) is 0. The second-order valence-electron chi connectivity index (χ2n) is 3.73. The van der Waals surface area contributed by atoms with Crippen LogP contribution in [0.15, 0.2) is 40.3 Å². The van der Waals surface area contributed by atoms with Gasteiger partial charge in [-0.2, -0.15) is 0 Å². The third-order valence-electron chi connectivity index (χ3n) is 2.17. The van der Waals surface area contributed by atoms with E-state index in [0.29, 0.717) is 5.16 Å². The first kappa shape index (κ1) is 11.7. The molecule has 3 N–H and O–H groups in total. The van der Waals surface area contributed by atoms with Crippen molar-refractivity contribution in [3.05, 3.63) is 51.9 Å². The second-order valence-corrected chi connectivity index (χ2v) is 4.69. The molecule has 5 heteroatoms. The molecule has 1 heterocycles. The van der Waals surface area contributed by atoms with Gasteiger partial charge in [-0.25, -0.2) is 4.98 Å². The summed E-state index contributed by atoms with van der Waals surface area (Å²) in [4.78, 5) is 18.2. The molecule has 0 amide bonds. The van der Waals surface area contributed by atoms with Gasteiger partial charge in [-0.15, -0.1) is 0 Å². The fourth-order valence-electron chi connectivity index (χ4n) is 1.45. The van der Waals surface area contributed by atoms with Crippen LogP contribution in [0, 0.1) is 6.92 Å². The van der Waals surface area contributed by atoms with Crippen molar-refractivity contribution in [3.63, 3.8) is 0 Å². The molecular formula is C12H13N3OS. The molecule has 0 unspecified atom stereocenters. The van der Waals surface area contributed by atoms with E-state index in [9.17, 15) is 4.79 Å². The molecule has 0 atom stereocenters. The lowest BCUT2D eigenvalue weighted by atomic mass is 10.2. The molecule has 0 aliphatic heterocycles. The molecule has 17 heavy (non-hydrogen) atoms. The summed E-state index contributed by atoms with van der Waals surface area (Å²) in [6, 6.07) is 9.15. The van der Waals surface area contributed by atoms with Gasteiger partial charge >= 0.3 is 0 Å². The molecule has 0 radical (unpaired) electrons. The lowest BCUT2D eigenvalue weighted by Crippen LogP contribution is -2.08. The van der Waals surface area contributed by atoms with Crippen LogP contribution in [-0.2, 0) is 5.75 Å². The molecular weight excluding hydrogens is 234 g/mol. The van der Waals surface area contributed by atoms with Crippen molar-refractivity contribution in [1.82, 2.24) is 9.97 Å². The number of rotatable bonds is 3. The molecule has 2 aromatic rings. The van der Waals surface area contributed by atoms with Gasteiger partial charge < -0.3 is 10.7 Å². The Bertz CT molecular complexity index is 580. The van der Waals surface area contributed by atoms with Crippen molar-refractivity contribution in [2.75, 3.05) is 5.73 Å². The molecule has 2 rings (SSSR count). The van der Waals surface area contributed by atoms with Gasteiger partial charge in [0.1, 0.15) is 0 Å². The van der Waals surface area contributed by atoms with Crippen LogP contribution in [0.3, 0.4) is 0 Å². The Labute approximate surface area is 103 Å². The molecule has 0 aliphatic rings. The van der Waals surface area contributed by atoms with E-state index in [1.807, 2.05) is 24.3 Å². The quantitative estimate of drug-likeness (QED) is 0.494. The molecule has 0 aliphatic carbocycles. The normalized spacial score (nSPS) is 10.4. The number of anilines is 1. The zero-order valence-electron chi connectivity index (χ0n) is 9.43. The fraction of sp³-hybridized carbons (Fsp3) is 0.167. The molecule has 4 nitrogen and oxygen atoms in total. The predicted molar refractivity (Wildman–Crippen MR) is 70.0 cm³/mol. The number of H-pyrrole nitrogens is 1. The van der Waals surface area contributed by atoms with Crippen LogP contribution in [0.25, 0.3) is 0 Å². The van der Waals surface area contributed by atoms with Crippen LogP contribution in [0.2, 0.25) is 0 Å². The van der Waals surface area contributed by atoms with Crippen molar-refractivity contribution < 1.29 is 0 Å². The van der Waals surface area contributed by atoms with E-state index in [4.69, 9.17) is 5.73 Å².